The number of hydrogen-bond acceptors (Lipinski definition) is 8. The molecule has 0 aromatic carbocycles. The molecule has 20 heavy (non-hydrogen) atoms. The van der Waals surface area contributed by atoms with Crippen LogP contribution in [0.5, 0.6) is 0 Å². The van der Waals surface area contributed by atoms with Crippen LogP contribution in [-0.4, -0.2) is 55.5 Å². The Morgan fingerprint density at radius 2 is 2.10 bits per heavy atom. The van der Waals surface area contributed by atoms with Crippen LogP contribution in [0.15, 0.2) is 11.5 Å². The topological polar surface area (TPSA) is 92.8 Å². The molecular formula is C10H17N7O2S. The van der Waals surface area contributed by atoms with Crippen LogP contribution in [0.25, 0.3) is 0 Å². The zero-order valence-corrected chi connectivity index (χ0v) is 12.4. The van der Waals surface area contributed by atoms with Gasteiger partial charge in [-0.15, -0.1) is 5.10 Å². The molecule has 0 amide bonds. The first-order valence-electron chi connectivity index (χ1n) is 6.09. The number of ether oxygens (including phenoxy) is 2. The van der Waals surface area contributed by atoms with Crippen LogP contribution in [0, 0.1) is 0 Å². The summed E-state index contributed by atoms with van der Waals surface area (Å²) in [7, 11) is 3.16. The van der Waals surface area contributed by atoms with Crippen molar-refractivity contribution >= 4 is 11.8 Å². The highest BCUT2D eigenvalue weighted by atomic mass is 32.2. The maximum atomic E-state index is 5.14. The molecule has 110 valence electrons. The molecule has 2 aromatic rings. The minimum atomic E-state index is -0.378. The highest BCUT2D eigenvalue weighted by Gasteiger charge is 2.14. The molecule has 0 aliphatic heterocycles. The smallest absolute Gasteiger partial charge is 0.209 e. The third-order valence-electron chi connectivity index (χ3n) is 2.67. The first-order valence-corrected chi connectivity index (χ1v) is 7.08. The number of aromatic nitrogens is 7. The lowest BCUT2D eigenvalue weighted by Crippen LogP contribution is -2.22. The molecule has 0 radical (unpaired) electrons. The van der Waals surface area contributed by atoms with Crippen molar-refractivity contribution in [1.82, 2.24) is 35.0 Å². The summed E-state index contributed by atoms with van der Waals surface area (Å²) in [6, 6.07) is 0. The SMILES string of the molecule is CCn1ncnc1CSc1nnnn1CC(OC)OC. The molecule has 10 heteroatoms. The lowest BCUT2D eigenvalue weighted by molar-refractivity contribution is -0.113. The minimum absolute atomic E-state index is 0.378. The third kappa shape index (κ3) is 3.52. The average Bonchev–Trinajstić information content (AvgIpc) is 3.10. The zero-order chi connectivity index (χ0) is 14.4. The van der Waals surface area contributed by atoms with Gasteiger partial charge in [-0.3, -0.25) is 0 Å². The van der Waals surface area contributed by atoms with E-state index in [9.17, 15) is 0 Å². The minimum Gasteiger partial charge on any atom is -0.354 e. The molecule has 2 rings (SSSR count). The van der Waals surface area contributed by atoms with Gasteiger partial charge in [0, 0.05) is 20.8 Å². The van der Waals surface area contributed by atoms with Crippen LogP contribution in [0.4, 0.5) is 0 Å². The Morgan fingerprint density at radius 1 is 1.30 bits per heavy atom. The van der Waals surface area contributed by atoms with Crippen LogP contribution in [0.1, 0.15) is 12.7 Å². The predicted molar refractivity (Wildman–Crippen MR) is 70.9 cm³/mol. The van der Waals surface area contributed by atoms with Gasteiger partial charge in [-0.2, -0.15) is 5.10 Å². The molecule has 0 unspecified atom stereocenters. The molecule has 0 aliphatic carbocycles. The van der Waals surface area contributed by atoms with Gasteiger partial charge in [-0.1, -0.05) is 11.8 Å². The van der Waals surface area contributed by atoms with Gasteiger partial charge < -0.3 is 9.47 Å². The summed E-state index contributed by atoms with van der Waals surface area (Å²) in [5, 5.41) is 16.4. The van der Waals surface area contributed by atoms with Crippen LogP contribution in [0.3, 0.4) is 0 Å². The molecule has 0 aliphatic rings. The van der Waals surface area contributed by atoms with Crippen molar-refractivity contribution in [2.45, 2.75) is 37.2 Å². The standard InChI is InChI=1S/C10H17N7O2S/c1-4-16-8(11-7-12-16)6-20-10-13-14-15-17(10)5-9(18-2)19-3/h7,9H,4-6H2,1-3H3. The fraction of sp³-hybridized carbons (Fsp3) is 0.700. The second kappa shape index (κ2) is 7.31. The number of thioether (sulfide) groups is 1. The fourth-order valence-electron chi connectivity index (χ4n) is 1.59. The monoisotopic (exact) mass is 299 g/mol. The maximum Gasteiger partial charge on any atom is 0.209 e. The number of hydrogen-bond donors (Lipinski definition) is 0. The predicted octanol–water partition coefficient (Wildman–Crippen LogP) is 0.196. The lowest BCUT2D eigenvalue weighted by Gasteiger charge is -2.13. The van der Waals surface area contributed by atoms with E-state index in [1.807, 2.05) is 11.6 Å². The van der Waals surface area contributed by atoms with Crippen molar-refractivity contribution in [2.75, 3.05) is 14.2 Å². The van der Waals surface area contributed by atoms with Gasteiger partial charge in [0.15, 0.2) is 6.29 Å². The van der Waals surface area contributed by atoms with Gasteiger partial charge in [0.05, 0.1) is 12.3 Å². The van der Waals surface area contributed by atoms with Crippen LogP contribution < -0.4 is 0 Å². The van der Waals surface area contributed by atoms with Gasteiger partial charge in [0.1, 0.15) is 12.2 Å². The first kappa shape index (κ1) is 14.9. The van der Waals surface area contributed by atoms with E-state index in [0.717, 1.165) is 12.4 Å². The largest absolute Gasteiger partial charge is 0.354 e. The number of aryl methyl sites for hydroxylation is 1. The van der Waals surface area contributed by atoms with E-state index < -0.39 is 0 Å². The summed E-state index contributed by atoms with van der Waals surface area (Å²) < 4.78 is 13.8. The summed E-state index contributed by atoms with van der Waals surface area (Å²) in [5.41, 5.74) is 0. The van der Waals surface area contributed by atoms with Crippen LogP contribution in [-0.2, 0) is 28.3 Å². The number of methoxy groups -OCH3 is 2. The van der Waals surface area contributed by atoms with Crippen molar-refractivity contribution in [1.29, 1.82) is 0 Å². The molecule has 2 heterocycles. The zero-order valence-electron chi connectivity index (χ0n) is 11.6. The first-order chi connectivity index (χ1) is 9.78. The normalized spacial score (nSPS) is 11.4. The van der Waals surface area contributed by atoms with E-state index in [-0.39, 0.29) is 6.29 Å². The van der Waals surface area contributed by atoms with E-state index >= 15 is 0 Å². The Balaban J connectivity index is 1.98. The van der Waals surface area contributed by atoms with E-state index in [2.05, 4.69) is 25.6 Å². The lowest BCUT2D eigenvalue weighted by atomic mass is 10.6. The van der Waals surface area contributed by atoms with Crippen molar-refractivity contribution < 1.29 is 9.47 Å². The Labute approximate surface area is 120 Å². The van der Waals surface area contributed by atoms with E-state index in [1.165, 1.54) is 11.8 Å². The second-order valence-corrected chi connectivity index (χ2v) is 4.77. The van der Waals surface area contributed by atoms with E-state index in [1.54, 1.807) is 25.2 Å². The van der Waals surface area contributed by atoms with Crippen molar-refractivity contribution in [3.8, 4) is 0 Å². The molecule has 0 bridgehead atoms. The van der Waals surface area contributed by atoms with Crippen molar-refractivity contribution in [3.63, 3.8) is 0 Å². The summed E-state index contributed by atoms with van der Waals surface area (Å²) in [6.45, 7) is 3.24. The molecule has 0 saturated heterocycles. The van der Waals surface area contributed by atoms with E-state index in [0.29, 0.717) is 17.5 Å². The fourth-order valence-corrected chi connectivity index (χ4v) is 2.43. The van der Waals surface area contributed by atoms with Crippen LogP contribution >= 0.6 is 11.8 Å². The molecule has 0 saturated carbocycles. The van der Waals surface area contributed by atoms with Crippen LogP contribution in [0.2, 0.25) is 0 Å². The van der Waals surface area contributed by atoms with Gasteiger partial charge in [0.25, 0.3) is 0 Å². The highest BCUT2D eigenvalue weighted by molar-refractivity contribution is 7.98. The van der Waals surface area contributed by atoms with Gasteiger partial charge in [-0.25, -0.2) is 14.3 Å². The Hall–Kier alpha value is -1.52. The molecular weight excluding hydrogens is 282 g/mol. The third-order valence-corrected chi connectivity index (χ3v) is 3.63. The molecule has 0 atom stereocenters. The molecule has 2 aromatic heterocycles. The summed E-state index contributed by atoms with van der Waals surface area (Å²) in [4.78, 5) is 4.21. The van der Waals surface area contributed by atoms with Crippen molar-refractivity contribution in [3.05, 3.63) is 12.2 Å². The average molecular weight is 299 g/mol. The quantitative estimate of drug-likeness (QED) is 0.504. The Morgan fingerprint density at radius 3 is 2.80 bits per heavy atom. The van der Waals surface area contributed by atoms with E-state index in [4.69, 9.17) is 9.47 Å². The number of tetrazole rings is 1. The molecule has 0 spiro atoms. The van der Waals surface area contributed by atoms with Gasteiger partial charge in [0.2, 0.25) is 5.16 Å². The maximum absolute atomic E-state index is 5.14. The van der Waals surface area contributed by atoms with Gasteiger partial charge >= 0.3 is 0 Å². The highest BCUT2D eigenvalue weighted by Crippen LogP contribution is 2.19. The Kier molecular flexibility index (Phi) is 5.44. The van der Waals surface area contributed by atoms with Gasteiger partial charge in [-0.05, 0) is 17.4 Å². The number of nitrogens with zero attached hydrogens (tertiary/aromatic N) is 7. The Bertz CT molecular complexity index is 525. The number of rotatable bonds is 8. The molecule has 0 fully saturated rings. The summed E-state index contributed by atoms with van der Waals surface area (Å²) in [5.74, 6) is 1.54. The second-order valence-electron chi connectivity index (χ2n) is 3.83. The summed E-state index contributed by atoms with van der Waals surface area (Å²) in [6.07, 6.45) is 1.17. The molecule has 9 nitrogen and oxygen atoms in total. The molecule has 0 N–H and O–H groups in total. The summed E-state index contributed by atoms with van der Waals surface area (Å²) >= 11 is 1.50. The van der Waals surface area contributed by atoms with Crippen molar-refractivity contribution in [2.24, 2.45) is 0 Å².